The SMILES string of the molecule is C=N/C(=C\C=C(/C)F)NC(=O)c1cc(N)ccc1Cl. The molecule has 0 saturated carbocycles. The fourth-order valence-corrected chi connectivity index (χ4v) is 1.43. The number of aliphatic imine (C=N–C) groups is 1. The lowest BCUT2D eigenvalue weighted by atomic mass is 10.2. The Bertz CT molecular complexity index is 563. The summed E-state index contributed by atoms with van der Waals surface area (Å²) in [6, 6.07) is 4.54. The van der Waals surface area contributed by atoms with Crippen molar-refractivity contribution in [2.45, 2.75) is 6.92 Å². The molecule has 1 rings (SSSR count). The number of benzene rings is 1. The number of carbonyl (C=O) groups excluding carboxylic acids is 1. The second kappa shape index (κ2) is 6.70. The molecule has 0 fully saturated rings. The van der Waals surface area contributed by atoms with E-state index in [0.717, 1.165) is 6.08 Å². The predicted octanol–water partition coefficient (Wildman–Crippen LogP) is 3.07. The molecule has 0 atom stereocenters. The molecule has 0 heterocycles. The molecule has 0 unspecified atom stereocenters. The molecule has 0 spiro atoms. The zero-order valence-electron chi connectivity index (χ0n) is 10.3. The van der Waals surface area contributed by atoms with Gasteiger partial charge in [0.25, 0.3) is 5.91 Å². The largest absolute Gasteiger partial charge is 0.399 e. The Kier molecular flexibility index (Phi) is 5.26. The highest BCUT2D eigenvalue weighted by Crippen LogP contribution is 2.19. The third-order valence-electron chi connectivity index (χ3n) is 2.12. The quantitative estimate of drug-likeness (QED) is 0.506. The van der Waals surface area contributed by atoms with Crippen LogP contribution in [0.25, 0.3) is 0 Å². The van der Waals surface area contributed by atoms with E-state index in [-0.39, 0.29) is 16.4 Å². The summed E-state index contributed by atoms with van der Waals surface area (Å²) >= 11 is 5.89. The lowest BCUT2D eigenvalue weighted by molar-refractivity contribution is 0.0965. The van der Waals surface area contributed by atoms with Gasteiger partial charge >= 0.3 is 0 Å². The standard InChI is InChI=1S/C13H13ClFN3O/c1-8(15)3-6-12(17-2)18-13(19)10-7-9(16)4-5-11(10)14/h3-7H,2,16H2,1H3,(H,18,19)/b8-3+,12-6+. The molecule has 3 N–H and O–H groups in total. The van der Waals surface area contributed by atoms with Gasteiger partial charge in [-0.05, 0) is 44.0 Å². The Balaban J connectivity index is 2.95. The maximum Gasteiger partial charge on any atom is 0.258 e. The first-order valence-corrected chi connectivity index (χ1v) is 5.69. The summed E-state index contributed by atoms with van der Waals surface area (Å²) in [6.45, 7) is 4.55. The number of carbonyl (C=O) groups is 1. The average molecular weight is 282 g/mol. The number of nitrogen functional groups attached to an aromatic ring is 1. The monoisotopic (exact) mass is 281 g/mol. The van der Waals surface area contributed by atoms with Gasteiger partial charge in [-0.1, -0.05) is 11.6 Å². The van der Waals surface area contributed by atoms with E-state index in [1.54, 1.807) is 6.07 Å². The van der Waals surface area contributed by atoms with Crippen LogP contribution in [0.4, 0.5) is 10.1 Å². The minimum absolute atomic E-state index is 0.112. The van der Waals surface area contributed by atoms with Crippen LogP contribution in [-0.4, -0.2) is 12.6 Å². The number of rotatable bonds is 4. The minimum Gasteiger partial charge on any atom is -0.399 e. The molecule has 19 heavy (non-hydrogen) atoms. The number of anilines is 1. The molecule has 0 radical (unpaired) electrons. The second-order valence-electron chi connectivity index (χ2n) is 3.66. The number of nitrogens with two attached hydrogens (primary N) is 1. The molecule has 1 aromatic rings. The Hall–Kier alpha value is -2.14. The summed E-state index contributed by atoms with van der Waals surface area (Å²) in [7, 11) is 0. The minimum atomic E-state index is -0.499. The van der Waals surface area contributed by atoms with E-state index in [4.69, 9.17) is 17.3 Å². The molecular formula is C13H13ClFN3O. The number of allylic oxidation sites excluding steroid dienone is 3. The van der Waals surface area contributed by atoms with Crippen LogP contribution in [0, 0.1) is 0 Å². The van der Waals surface area contributed by atoms with Gasteiger partial charge in [-0.25, -0.2) is 9.38 Å². The smallest absolute Gasteiger partial charge is 0.258 e. The van der Waals surface area contributed by atoms with Crippen LogP contribution in [-0.2, 0) is 0 Å². The van der Waals surface area contributed by atoms with Crippen LogP contribution in [0.3, 0.4) is 0 Å². The van der Waals surface area contributed by atoms with E-state index in [9.17, 15) is 9.18 Å². The first kappa shape index (κ1) is 14.9. The molecule has 6 heteroatoms. The fraction of sp³-hybridized carbons (Fsp3) is 0.0769. The number of nitrogens with one attached hydrogen (secondary N) is 1. The summed E-state index contributed by atoms with van der Waals surface area (Å²) in [4.78, 5) is 15.5. The zero-order valence-corrected chi connectivity index (χ0v) is 11.0. The van der Waals surface area contributed by atoms with Gasteiger partial charge in [0, 0.05) is 5.69 Å². The third kappa shape index (κ3) is 4.56. The Morgan fingerprint density at radius 3 is 2.79 bits per heavy atom. The van der Waals surface area contributed by atoms with Crippen LogP contribution in [0.2, 0.25) is 5.02 Å². The predicted molar refractivity (Wildman–Crippen MR) is 75.8 cm³/mol. The van der Waals surface area contributed by atoms with Crippen molar-refractivity contribution in [2.75, 3.05) is 5.73 Å². The lowest BCUT2D eigenvalue weighted by Crippen LogP contribution is -2.22. The van der Waals surface area contributed by atoms with Gasteiger partial charge in [-0.15, -0.1) is 0 Å². The van der Waals surface area contributed by atoms with Crippen molar-refractivity contribution < 1.29 is 9.18 Å². The third-order valence-corrected chi connectivity index (χ3v) is 2.45. The molecule has 0 aliphatic heterocycles. The summed E-state index contributed by atoms with van der Waals surface area (Å²) in [6.07, 6.45) is 2.45. The highest BCUT2D eigenvalue weighted by atomic mass is 35.5. The number of amides is 1. The zero-order chi connectivity index (χ0) is 14.4. The van der Waals surface area contributed by atoms with Crippen LogP contribution in [0.15, 0.2) is 47.0 Å². The van der Waals surface area contributed by atoms with E-state index < -0.39 is 11.7 Å². The molecular weight excluding hydrogens is 269 g/mol. The van der Waals surface area contributed by atoms with Crippen molar-refractivity contribution in [2.24, 2.45) is 4.99 Å². The molecule has 1 aromatic carbocycles. The number of hydrogen-bond acceptors (Lipinski definition) is 3. The van der Waals surface area contributed by atoms with Crippen molar-refractivity contribution in [3.05, 3.63) is 52.6 Å². The van der Waals surface area contributed by atoms with Crippen LogP contribution in [0.5, 0.6) is 0 Å². The maximum absolute atomic E-state index is 12.6. The van der Waals surface area contributed by atoms with E-state index in [1.807, 2.05) is 0 Å². The molecule has 1 amide bonds. The topological polar surface area (TPSA) is 67.5 Å². The summed E-state index contributed by atoms with van der Waals surface area (Å²) < 4.78 is 12.6. The molecule has 0 bridgehead atoms. The van der Waals surface area contributed by atoms with Crippen molar-refractivity contribution >= 4 is 29.9 Å². The molecule has 0 aliphatic carbocycles. The summed E-state index contributed by atoms with van der Waals surface area (Å²) in [5.74, 6) is -0.807. The lowest BCUT2D eigenvalue weighted by Gasteiger charge is -2.07. The molecule has 0 aromatic heterocycles. The first-order chi connectivity index (χ1) is 8.93. The van der Waals surface area contributed by atoms with Crippen molar-refractivity contribution in [3.8, 4) is 0 Å². The normalized spacial score (nSPS) is 12.2. The Morgan fingerprint density at radius 1 is 1.53 bits per heavy atom. The maximum atomic E-state index is 12.6. The van der Waals surface area contributed by atoms with Crippen molar-refractivity contribution in [3.63, 3.8) is 0 Å². The average Bonchev–Trinajstić information content (AvgIpc) is 2.36. The summed E-state index contributed by atoms with van der Waals surface area (Å²) in [5, 5.41) is 2.70. The van der Waals surface area contributed by atoms with Crippen LogP contribution >= 0.6 is 11.6 Å². The molecule has 100 valence electrons. The van der Waals surface area contributed by atoms with Gasteiger partial charge in [-0.3, -0.25) is 4.79 Å². The Labute approximate surface area is 115 Å². The van der Waals surface area contributed by atoms with E-state index in [0.29, 0.717) is 5.69 Å². The van der Waals surface area contributed by atoms with Crippen molar-refractivity contribution in [1.82, 2.24) is 5.32 Å². The van der Waals surface area contributed by atoms with Gasteiger partial charge in [0.05, 0.1) is 16.4 Å². The van der Waals surface area contributed by atoms with E-state index >= 15 is 0 Å². The molecule has 0 aliphatic rings. The summed E-state index contributed by atoms with van der Waals surface area (Å²) in [5.41, 5.74) is 6.19. The van der Waals surface area contributed by atoms with Crippen LogP contribution in [0.1, 0.15) is 17.3 Å². The number of nitrogens with zero attached hydrogens (tertiary/aromatic N) is 1. The molecule has 0 saturated heterocycles. The number of halogens is 2. The van der Waals surface area contributed by atoms with E-state index in [2.05, 4.69) is 17.0 Å². The van der Waals surface area contributed by atoms with Gasteiger partial charge in [-0.2, -0.15) is 0 Å². The fourth-order valence-electron chi connectivity index (χ4n) is 1.23. The molecule has 4 nitrogen and oxygen atoms in total. The second-order valence-corrected chi connectivity index (χ2v) is 4.06. The van der Waals surface area contributed by atoms with Gasteiger partial charge in [0.2, 0.25) is 0 Å². The van der Waals surface area contributed by atoms with Crippen LogP contribution < -0.4 is 11.1 Å². The van der Waals surface area contributed by atoms with Crippen molar-refractivity contribution in [1.29, 1.82) is 0 Å². The van der Waals surface area contributed by atoms with E-state index in [1.165, 1.54) is 25.1 Å². The van der Waals surface area contributed by atoms with Gasteiger partial charge in [0.1, 0.15) is 5.82 Å². The highest BCUT2D eigenvalue weighted by Gasteiger charge is 2.11. The Morgan fingerprint density at radius 2 is 2.21 bits per heavy atom. The van der Waals surface area contributed by atoms with Gasteiger partial charge < -0.3 is 11.1 Å². The van der Waals surface area contributed by atoms with Gasteiger partial charge in [0.15, 0.2) is 0 Å². The number of hydrogen-bond donors (Lipinski definition) is 2. The first-order valence-electron chi connectivity index (χ1n) is 5.31. The highest BCUT2D eigenvalue weighted by molar-refractivity contribution is 6.34.